The predicted molar refractivity (Wildman–Crippen MR) is 508 cm³/mol. The second-order valence-corrected chi connectivity index (χ2v) is 31.1. The van der Waals surface area contributed by atoms with E-state index in [1.54, 1.807) is 0 Å². The van der Waals surface area contributed by atoms with E-state index in [0.717, 1.165) is 84.4 Å². The minimum Gasteiger partial charge on any atom is -0.311 e. The van der Waals surface area contributed by atoms with Crippen molar-refractivity contribution in [3.63, 3.8) is 0 Å². The van der Waals surface area contributed by atoms with Crippen LogP contribution in [0.5, 0.6) is 0 Å². The van der Waals surface area contributed by atoms with E-state index in [1.165, 1.54) is 126 Å². The van der Waals surface area contributed by atoms with Crippen molar-refractivity contribution in [2.45, 2.75) is 0 Å². The second kappa shape index (κ2) is 30.4. The number of rotatable bonds is 17. The van der Waals surface area contributed by atoms with Gasteiger partial charge < -0.3 is 18.9 Å². The zero-order valence-electron chi connectivity index (χ0n) is 65.8. The summed E-state index contributed by atoms with van der Waals surface area (Å²) in [5.41, 5.74) is 34.8. The molecule has 0 aliphatic carbocycles. The van der Waals surface area contributed by atoms with Crippen molar-refractivity contribution in [3.8, 4) is 112 Å². The minimum absolute atomic E-state index is 1.08. The summed E-state index contributed by atoms with van der Waals surface area (Å²) in [5, 5.41) is 9.96. The smallest absolute Gasteiger partial charge is 0.0619 e. The van der Waals surface area contributed by atoms with Gasteiger partial charge in [0, 0.05) is 77.8 Å². The fourth-order valence-electron chi connectivity index (χ4n) is 18.1. The van der Waals surface area contributed by atoms with Gasteiger partial charge >= 0.3 is 0 Å². The molecule has 0 saturated carbocycles. The zero-order chi connectivity index (χ0) is 79.4. The molecule has 0 bridgehead atoms. The monoisotopic (exact) mass is 1530 g/mol. The number of nitrogens with zero attached hydrogens (tertiary/aromatic N) is 4. The number of hydrogen-bond donors (Lipinski definition) is 0. The topological polar surface area (TPSA) is 16.3 Å². The van der Waals surface area contributed by atoms with Crippen LogP contribution in [0.2, 0.25) is 0 Å². The summed E-state index contributed by atoms with van der Waals surface area (Å²) in [7, 11) is 0. The van der Waals surface area contributed by atoms with Gasteiger partial charge in [-0.2, -0.15) is 0 Å². The van der Waals surface area contributed by atoms with E-state index < -0.39 is 0 Å². The third-order valence-electron chi connectivity index (χ3n) is 24.2. The van der Waals surface area contributed by atoms with Crippen LogP contribution in [0.25, 0.3) is 177 Å². The Morgan fingerprint density at radius 2 is 0.408 bits per heavy atom. The van der Waals surface area contributed by atoms with Crippen LogP contribution in [-0.4, -0.2) is 9.13 Å². The summed E-state index contributed by atoms with van der Waals surface area (Å²) >= 11 is 0. The lowest BCUT2D eigenvalue weighted by atomic mass is 9.94. The molecular weight excluding hydrogens is 1450 g/mol. The fraction of sp³-hybridized carbons (Fsp3) is 0. The van der Waals surface area contributed by atoms with Crippen LogP contribution in [-0.2, 0) is 0 Å². The maximum atomic E-state index is 2.47. The standard InChI is InChI=1S/C116H78N4/c1-5-19-79(20-6-1)87-45-61-100(62-46-87)118(102-69-51-90(52-70-102)85-41-43-86(44-42-85)91-55-71-103(72-56-91)119-113-32-18-17-30-107(113)109-75-59-95-25-13-14-28-105(95)115(109)119)101-67-49-89(50-68-101)84-39-35-82(36-40-84)81-33-37-83(38-34-81)88-47-63-98(64-48-88)117(97-26-11-4-12-27-97)99-65-53-92(54-66-99)93-57-73-104(74-58-93)120-114-76-60-96(80-21-7-2-8-22-80)77-111(114)112-78-110(94-23-9-3-10-24-94)106-29-15-16-31-108(106)116(112)120/h1-78H. The quantitative estimate of drug-likeness (QED) is 0.0903. The van der Waals surface area contributed by atoms with Crippen LogP contribution < -0.4 is 9.80 Å². The molecule has 4 nitrogen and oxygen atoms in total. The molecule has 0 atom stereocenters. The maximum Gasteiger partial charge on any atom is 0.0619 e. The molecule has 0 radical (unpaired) electrons. The highest BCUT2D eigenvalue weighted by molar-refractivity contribution is 6.23. The average molecular weight is 1530 g/mol. The molecule has 20 aromatic carbocycles. The van der Waals surface area contributed by atoms with Crippen LogP contribution in [0.15, 0.2) is 473 Å². The number of fused-ring (bicyclic) bond motifs is 10. The average Bonchev–Trinajstić information content (AvgIpc) is 1.55. The Bertz CT molecular complexity index is 7490. The fourth-order valence-corrected chi connectivity index (χ4v) is 18.1. The van der Waals surface area contributed by atoms with Crippen molar-refractivity contribution in [1.82, 2.24) is 9.13 Å². The summed E-state index contributed by atoms with van der Waals surface area (Å²) in [4.78, 5) is 4.69. The van der Waals surface area contributed by atoms with Gasteiger partial charge in [0.05, 0.1) is 22.1 Å². The number of hydrogen-bond acceptors (Lipinski definition) is 2. The van der Waals surface area contributed by atoms with Gasteiger partial charge in [-0.15, -0.1) is 0 Å². The van der Waals surface area contributed by atoms with Crippen molar-refractivity contribution in [1.29, 1.82) is 0 Å². The molecule has 22 aromatic rings. The Kier molecular flexibility index (Phi) is 17.9. The van der Waals surface area contributed by atoms with Crippen LogP contribution in [0.1, 0.15) is 0 Å². The van der Waals surface area contributed by atoms with Gasteiger partial charge in [-0.3, -0.25) is 0 Å². The third-order valence-corrected chi connectivity index (χ3v) is 24.2. The predicted octanol–water partition coefficient (Wildman–Crippen LogP) is 32.1. The largest absolute Gasteiger partial charge is 0.311 e. The number of anilines is 6. The van der Waals surface area contributed by atoms with E-state index in [0.29, 0.717) is 0 Å². The van der Waals surface area contributed by atoms with Gasteiger partial charge in [0.1, 0.15) is 0 Å². The summed E-state index contributed by atoms with van der Waals surface area (Å²) in [6.45, 7) is 0. The minimum atomic E-state index is 1.08. The molecule has 0 aliphatic heterocycles. The van der Waals surface area contributed by atoms with Gasteiger partial charge in [0.2, 0.25) is 0 Å². The molecule has 0 fully saturated rings. The van der Waals surface area contributed by atoms with Crippen molar-refractivity contribution in [2.75, 3.05) is 9.80 Å². The highest BCUT2D eigenvalue weighted by Crippen LogP contribution is 2.46. The molecule has 0 amide bonds. The van der Waals surface area contributed by atoms with Crippen LogP contribution in [0.4, 0.5) is 34.1 Å². The van der Waals surface area contributed by atoms with Gasteiger partial charge in [0.15, 0.2) is 0 Å². The SMILES string of the molecule is c1ccc(-c2ccc(N(c3ccc(-c4ccc(-c5ccc(-c6ccc(N(c7ccccc7)c7ccc(-c8ccc(-n9c%10ccc(-c%11ccccc%11)cc%10c%10cc(-c%11ccccc%11)c%11ccccc%11c%109)cc8)cc7)cc6)cc5)cc4)cc3)c3ccc(-c4ccc(-c5ccc(-n6c7ccccc7c7ccc8ccccc8c76)cc5)cc4)cc3)cc2)cc1. The number of benzene rings is 20. The molecule has 0 aliphatic rings. The molecule has 2 heterocycles. The number of aromatic nitrogens is 2. The first-order valence-electron chi connectivity index (χ1n) is 41.2. The van der Waals surface area contributed by atoms with E-state index in [1.807, 2.05) is 0 Å². The molecule has 120 heavy (non-hydrogen) atoms. The first-order valence-corrected chi connectivity index (χ1v) is 41.2. The van der Waals surface area contributed by atoms with Gasteiger partial charge in [-0.25, -0.2) is 0 Å². The Morgan fingerprint density at radius 1 is 0.142 bits per heavy atom. The molecule has 562 valence electrons. The van der Waals surface area contributed by atoms with Crippen LogP contribution in [0, 0.1) is 0 Å². The number of para-hydroxylation sites is 2. The lowest BCUT2D eigenvalue weighted by Gasteiger charge is -2.26. The summed E-state index contributed by atoms with van der Waals surface area (Å²) < 4.78 is 4.90. The Labute approximate surface area is 698 Å². The van der Waals surface area contributed by atoms with Crippen LogP contribution in [0.3, 0.4) is 0 Å². The Balaban J connectivity index is 0.490. The summed E-state index contributed by atoms with van der Waals surface area (Å²) in [6.07, 6.45) is 0. The zero-order valence-corrected chi connectivity index (χ0v) is 65.8. The molecular formula is C116H78N4. The maximum absolute atomic E-state index is 2.47. The van der Waals surface area contributed by atoms with Gasteiger partial charge in [0.25, 0.3) is 0 Å². The van der Waals surface area contributed by atoms with Crippen molar-refractivity contribution in [2.24, 2.45) is 0 Å². The lowest BCUT2D eigenvalue weighted by molar-refractivity contribution is 1.19. The van der Waals surface area contributed by atoms with Crippen molar-refractivity contribution < 1.29 is 0 Å². The summed E-state index contributed by atoms with van der Waals surface area (Å²) in [6, 6.07) is 173. The highest BCUT2D eigenvalue weighted by Gasteiger charge is 2.23. The third kappa shape index (κ3) is 13.0. The first kappa shape index (κ1) is 70.7. The van der Waals surface area contributed by atoms with Crippen LogP contribution >= 0.6 is 0 Å². The van der Waals surface area contributed by atoms with E-state index in [2.05, 4.69) is 492 Å². The molecule has 4 heteroatoms. The molecule has 0 unspecified atom stereocenters. The molecule has 0 N–H and O–H groups in total. The Hall–Kier alpha value is -15.9. The summed E-state index contributed by atoms with van der Waals surface area (Å²) in [5.74, 6) is 0. The molecule has 0 saturated heterocycles. The molecule has 2 aromatic heterocycles. The normalized spacial score (nSPS) is 11.5. The van der Waals surface area contributed by atoms with E-state index in [9.17, 15) is 0 Å². The van der Waals surface area contributed by atoms with E-state index in [-0.39, 0.29) is 0 Å². The highest BCUT2D eigenvalue weighted by atomic mass is 15.1. The lowest BCUT2D eigenvalue weighted by Crippen LogP contribution is -2.09. The molecule has 0 spiro atoms. The van der Waals surface area contributed by atoms with Crippen molar-refractivity contribution >= 4 is 99.3 Å². The molecule has 22 rings (SSSR count). The van der Waals surface area contributed by atoms with E-state index in [4.69, 9.17) is 0 Å². The van der Waals surface area contributed by atoms with E-state index >= 15 is 0 Å². The van der Waals surface area contributed by atoms with Gasteiger partial charge in [-0.1, -0.05) is 352 Å². The van der Waals surface area contributed by atoms with Gasteiger partial charge in [-0.05, 0) is 232 Å². The van der Waals surface area contributed by atoms with Crippen molar-refractivity contribution in [3.05, 3.63) is 473 Å². The Morgan fingerprint density at radius 3 is 0.817 bits per heavy atom. The first-order chi connectivity index (χ1) is 59.5. The second-order valence-electron chi connectivity index (χ2n) is 31.1.